The zero-order valence-electron chi connectivity index (χ0n) is 8.84. The van der Waals surface area contributed by atoms with Gasteiger partial charge in [0.15, 0.2) is 5.78 Å². The van der Waals surface area contributed by atoms with E-state index in [0.29, 0.717) is 15.8 Å². The van der Waals surface area contributed by atoms with Crippen LogP contribution in [0.2, 0.25) is 0 Å². The zero-order valence-corrected chi connectivity index (χ0v) is 10.3. The van der Waals surface area contributed by atoms with Gasteiger partial charge in [0.25, 0.3) is 0 Å². The first-order valence-electron chi connectivity index (χ1n) is 5.19. The van der Waals surface area contributed by atoms with E-state index in [9.17, 15) is 4.79 Å². The highest BCUT2D eigenvalue weighted by molar-refractivity contribution is 6.48. The molecule has 0 aromatic carbocycles. The van der Waals surface area contributed by atoms with E-state index in [1.54, 1.807) is 18.2 Å². The second-order valence-electron chi connectivity index (χ2n) is 3.81. The lowest BCUT2D eigenvalue weighted by atomic mass is 9.90. The van der Waals surface area contributed by atoms with Crippen LogP contribution in [0.5, 0.6) is 0 Å². The summed E-state index contributed by atoms with van der Waals surface area (Å²) in [6.07, 6.45) is 6.66. The van der Waals surface area contributed by atoms with E-state index in [4.69, 9.17) is 23.2 Å². The lowest BCUT2D eigenvalue weighted by Gasteiger charge is -2.21. The smallest absolute Gasteiger partial charge is 0.170 e. The van der Waals surface area contributed by atoms with Gasteiger partial charge in [0, 0.05) is 16.8 Å². The van der Waals surface area contributed by atoms with E-state index in [0.717, 1.165) is 18.5 Å². The van der Waals surface area contributed by atoms with Crippen molar-refractivity contribution in [2.45, 2.75) is 19.8 Å². The Hall–Kier alpha value is -0.860. The van der Waals surface area contributed by atoms with Gasteiger partial charge in [-0.25, -0.2) is 0 Å². The molecule has 0 amide bonds. The molecule has 4 heteroatoms. The number of carbonyl (C=O) groups is 1. The molecule has 1 unspecified atom stereocenters. The molecule has 0 bridgehead atoms. The standard InChI is InChI=1S/C12H11Cl2NO/c1-2-3-8-6-11(16)9-4-7(13)5-10(14)12(9)15-8/h4-6,9H,2-3H2,1H3. The van der Waals surface area contributed by atoms with Crippen molar-refractivity contribution in [2.24, 2.45) is 10.9 Å². The molecule has 0 N–H and O–H groups in total. The monoisotopic (exact) mass is 255 g/mol. The first-order chi connectivity index (χ1) is 7.61. The van der Waals surface area contributed by atoms with Gasteiger partial charge in [-0.05, 0) is 18.6 Å². The molecule has 0 aromatic rings. The quantitative estimate of drug-likeness (QED) is 0.742. The Kier molecular flexibility index (Phi) is 3.31. The first-order valence-corrected chi connectivity index (χ1v) is 5.95. The van der Waals surface area contributed by atoms with Gasteiger partial charge in [-0.15, -0.1) is 0 Å². The number of allylic oxidation sites excluding steroid dienone is 6. The van der Waals surface area contributed by atoms with Crippen molar-refractivity contribution < 1.29 is 4.79 Å². The Morgan fingerprint density at radius 2 is 2.12 bits per heavy atom. The number of hydrogen-bond acceptors (Lipinski definition) is 2. The number of carbonyl (C=O) groups excluding carboxylic acids is 1. The van der Waals surface area contributed by atoms with Crippen molar-refractivity contribution in [3.05, 3.63) is 34.0 Å². The molecule has 84 valence electrons. The first kappa shape index (κ1) is 11.6. The highest BCUT2D eigenvalue weighted by Crippen LogP contribution is 2.30. The Morgan fingerprint density at radius 3 is 2.81 bits per heavy atom. The van der Waals surface area contributed by atoms with Gasteiger partial charge in [0.2, 0.25) is 0 Å². The van der Waals surface area contributed by atoms with Crippen molar-refractivity contribution >= 4 is 34.7 Å². The van der Waals surface area contributed by atoms with E-state index >= 15 is 0 Å². The predicted molar refractivity (Wildman–Crippen MR) is 66.8 cm³/mol. The van der Waals surface area contributed by atoms with Crippen LogP contribution in [0.3, 0.4) is 0 Å². The second kappa shape index (κ2) is 4.56. The molecule has 0 fully saturated rings. The number of rotatable bonds is 2. The molecule has 0 aromatic heterocycles. The summed E-state index contributed by atoms with van der Waals surface area (Å²) in [5.41, 5.74) is 1.43. The molecule has 1 aliphatic carbocycles. The summed E-state index contributed by atoms with van der Waals surface area (Å²) in [5.74, 6) is -0.386. The minimum Gasteiger partial charge on any atom is -0.294 e. The van der Waals surface area contributed by atoms with Gasteiger partial charge in [0.1, 0.15) is 0 Å². The number of ketones is 1. The topological polar surface area (TPSA) is 29.4 Å². The summed E-state index contributed by atoms with van der Waals surface area (Å²) in [6, 6.07) is 0. The molecule has 0 radical (unpaired) electrons. The van der Waals surface area contributed by atoms with Crippen LogP contribution in [0.25, 0.3) is 0 Å². The molecule has 0 saturated carbocycles. The van der Waals surface area contributed by atoms with Crippen LogP contribution in [0.15, 0.2) is 39.0 Å². The summed E-state index contributed by atoms with van der Waals surface area (Å²) in [5, 5.41) is 0.960. The van der Waals surface area contributed by atoms with Crippen molar-refractivity contribution in [2.75, 3.05) is 0 Å². The van der Waals surface area contributed by atoms with Gasteiger partial charge < -0.3 is 0 Å². The molecule has 0 saturated heterocycles. The van der Waals surface area contributed by atoms with Gasteiger partial charge in [-0.3, -0.25) is 9.79 Å². The molecule has 2 rings (SSSR count). The number of fused-ring (bicyclic) bond motifs is 1. The molecular weight excluding hydrogens is 245 g/mol. The molecule has 1 aliphatic heterocycles. The Bertz CT molecular complexity index is 458. The summed E-state index contributed by atoms with van der Waals surface area (Å²) < 4.78 is 0. The fourth-order valence-electron chi connectivity index (χ4n) is 1.79. The molecule has 0 spiro atoms. The fraction of sp³-hybridized carbons (Fsp3) is 0.333. The molecule has 2 aliphatic rings. The van der Waals surface area contributed by atoms with E-state index < -0.39 is 5.92 Å². The third-order valence-corrected chi connectivity index (χ3v) is 3.05. The van der Waals surface area contributed by atoms with Crippen LogP contribution in [-0.4, -0.2) is 11.5 Å². The summed E-state index contributed by atoms with van der Waals surface area (Å²) in [4.78, 5) is 16.3. The largest absolute Gasteiger partial charge is 0.294 e. The van der Waals surface area contributed by atoms with Crippen molar-refractivity contribution in [1.82, 2.24) is 0 Å². The van der Waals surface area contributed by atoms with Crippen molar-refractivity contribution in [3.63, 3.8) is 0 Å². The highest BCUT2D eigenvalue weighted by atomic mass is 35.5. The summed E-state index contributed by atoms with van der Waals surface area (Å²) in [7, 11) is 0. The molecular formula is C12H11Cl2NO. The van der Waals surface area contributed by atoms with E-state index in [1.165, 1.54) is 0 Å². The third-order valence-electron chi connectivity index (χ3n) is 2.52. The van der Waals surface area contributed by atoms with E-state index in [2.05, 4.69) is 4.99 Å². The van der Waals surface area contributed by atoms with Gasteiger partial charge in [-0.2, -0.15) is 0 Å². The van der Waals surface area contributed by atoms with Crippen LogP contribution in [0, 0.1) is 5.92 Å². The maximum absolute atomic E-state index is 11.9. The van der Waals surface area contributed by atoms with Crippen molar-refractivity contribution in [1.29, 1.82) is 0 Å². The molecule has 1 heterocycles. The average molecular weight is 256 g/mol. The Morgan fingerprint density at radius 1 is 1.38 bits per heavy atom. The molecule has 16 heavy (non-hydrogen) atoms. The summed E-state index contributed by atoms with van der Waals surface area (Å²) in [6.45, 7) is 2.05. The fourth-order valence-corrected chi connectivity index (χ4v) is 2.36. The average Bonchev–Trinajstić information content (AvgIpc) is 2.20. The summed E-state index contributed by atoms with van der Waals surface area (Å²) >= 11 is 11.9. The van der Waals surface area contributed by atoms with Gasteiger partial charge in [-0.1, -0.05) is 36.5 Å². The number of hydrogen-bond donors (Lipinski definition) is 0. The lowest BCUT2D eigenvalue weighted by Crippen LogP contribution is -2.27. The van der Waals surface area contributed by atoms with E-state index in [-0.39, 0.29) is 5.78 Å². The highest BCUT2D eigenvalue weighted by Gasteiger charge is 2.29. The Labute approximate surface area is 104 Å². The van der Waals surface area contributed by atoms with Crippen LogP contribution in [-0.2, 0) is 4.79 Å². The Balaban J connectivity index is 2.38. The predicted octanol–water partition coefficient (Wildman–Crippen LogP) is 3.57. The number of aliphatic imine (C=N–C) groups is 1. The maximum Gasteiger partial charge on any atom is 0.170 e. The van der Waals surface area contributed by atoms with Crippen LogP contribution < -0.4 is 0 Å². The third kappa shape index (κ3) is 2.13. The second-order valence-corrected chi connectivity index (χ2v) is 4.65. The number of halogens is 2. The molecule has 1 atom stereocenters. The van der Waals surface area contributed by atoms with E-state index in [1.807, 2.05) is 6.92 Å². The zero-order chi connectivity index (χ0) is 11.7. The van der Waals surface area contributed by atoms with Crippen LogP contribution in [0.4, 0.5) is 0 Å². The van der Waals surface area contributed by atoms with Crippen molar-refractivity contribution in [3.8, 4) is 0 Å². The lowest BCUT2D eigenvalue weighted by molar-refractivity contribution is -0.115. The van der Waals surface area contributed by atoms with Crippen LogP contribution in [0.1, 0.15) is 19.8 Å². The van der Waals surface area contributed by atoms with Gasteiger partial charge >= 0.3 is 0 Å². The van der Waals surface area contributed by atoms with Crippen LogP contribution >= 0.6 is 23.2 Å². The minimum absolute atomic E-state index is 0.0119. The minimum atomic E-state index is -0.398. The maximum atomic E-state index is 11.9. The normalized spacial score (nSPS) is 24.2. The van der Waals surface area contributed by atoms with Gasteiger partial charge in [0.05, 0.1) is 16.7 Å². The number of nitrogens with zero attached hydrogens (tertiary/aromatic N) is 1. The SMILES string of the molecule is CCCC1=CC(=O)C2C=C(Cl)C=C(Cl)C2=N1. The molecule has 2 nitrogen and oxygen atoms in total.